The Balaban J connectivity index is 1.73. The normalized spacial score (nSPS) is 28.5. The van der Waals surface area contributed by atoms with Crippen LogP contribution in [0.15, 0.2) is 71.2 Å². The summed E-state index contributed by atoms with van der Waals surface area (Å²) < 4.78 is 18.7. The van der Waals surface area contributed by atoms with Crippen molar-refractivity contribution in [3.8, 4) is 5.75 Å². The number of amides is 1. The molecular weight excluding hydrogens is 592 g/mol. The predicted molar refractivity (Wildman–Crippen MR) is 144 cm³/mol. The molecule has 3 heterocycles. The molecule has 3 aliphatic heterocycles. The van der Waals surface area contributed by atoms with Crippen molar-refractivity contribution in [1.82, 2.24) is 0 Å². The number of nitro groups is 1. The summed E-state index contributed by atoms with van der Waals surface area (Å²) in [7, 11) is 2.82. The van der Waals surface area contributed by atoms with Gasteiger partial charge in [-0.25, -0.2) is 0 Å². The van der Waals surface area contributed by atoms with Gasteiger partial charge >= 0.3 is 5.97 Å². The van der Waals surface area contributed by atoms with Crippen molar-refractivity contribution in [2.75, 3.05) is 19.1 Å². The minimum Gasteiger partial charge on any atom is -0.482 e. The van der Waals surface area contributed by atoms with Gasteiger partial charge in [-0.3, -0.25) is 19.7 Å². The first-order valence-corrected chi connectivity index (χ1v) is 13.3. The van der Waals surface area contributed by atoms with Gasteiger partial charge in [-0.15, -0.1) is 0 Å². The lowest BCUT2D eigenvalue weighted by Crippen LogP contribution is -2.62. The van der Waals surface area contributed by atoms with E-state index in [4.69, 9.17) is 25.8 Å². The lowest BCUT2D eigenvalue weighted by atomic mass is 9.63. The molecule has 0 aromatic heterocycles. The lowest BCUT2D eigenvalue weighted by Gasteiger charge is -2.42. The van der Waals surface area contributed by atoms with Gasteiger partial charge in [-0.05, 0) is 42.0 Å². The summed E-state index contributed by atoms with van der Waals surface area (Å²) in [6, 6.07) is 18.7. The van der Waals surface area contributed by atoms with E-state index in [9.17, 15) is 19.7 Å². The molecule has 1 fully saturated rings. The van der Waals surface area contributed by atoms with Crippen molar-refractivity contribution < 1.29 is 28.7 Å². The van der Waals surface area contributed by atoms with Crippen LogP contribution in [-0.4, -0.2) is 42.6 Å². The average Bonchev–Trinajstić information content (AvgIpc) is 3.37. The summed E-state index contributed by atoms with van der Waals surface area (Å²) in [6.07, 6.45) is -3.05. The second-order valence-corrected chi connectivity index (χ2v) is 11.2. The largest absolute Gasteiger partial charge is 0.482 e. The van der Waals surface area contributed by atoms with Crippen molar-refractivity contribution in [2.45, 2.75) is 35.7 Å². The number of halogens is 2. The van der Waals surface area contributed by atoms with Gasteiger partial charge in [-0.2, -0.15) is 0 Å². The topological polar surface area (TPSA) is 108 Å². The van der Waals surface area contributed by atoms with E-state index in [1.807, 2.05) is 0 Å². The number of para-hydroxylation sites is 1. The Morgan fingerprint density at radius 1 is 1.18 bits per heavy atom. The van der Waals surface area contributed by atoms with Crippen molar-refractivity contribution in [3.05, 3.63) is 103 Å². The summed E-state index contributed by atoms with van der Waals surface area (Å²) in [6.45, 7) is 0. The van der Waals surface area contributed by atoms with E-state index in [0.29, 0.717) is 27.4 Å². The highest BCUT2D eigenvalue weighted by Crippen LogP contribution is 2.69. The quantitative estimate of drug-likeness (QED) is 0.227. The number of carbonyl (C=O) groups excluding carboxylic acids is 2. The predicted octanol–water partition coefficient (Wildman–Crippen LogP) is 5.17. The highest BCUT2D eigenvalue weighted by molar-refractivity contribution is 9.10. The maximum absolute atomic E-state index is 14.3. The van der Waals surface area contributed by atoms with Gasteiger partial charge in [0.1, 0.15) is 11.7 Å². The standard InChI is InChI=1S/C28H22BrClN2O7/c1-31-20-6-4-3-5-19(20)28(26(31)34)24-18-13-17(30)11-12-21(18)38-22(14-23(33)37-2)27(24,32(35)36)25(39-28)15-7-9-16(29)10-8-15/h3-13,22,24-25H,14H2,1-2H3/t22-,24+,25+,27+,28-/m1/s1. The number of likely N-dealkylation sites (N-methyl/N-ethyl adjacent to an activating group) is 1. The molecule has 200 valence electrons. The highest BCUT2D eigenvalue weighted by Gasteiger charge is 2.82. The maximum atomic E-state index is 14.3. The van der Waals surface area contributed by atoms with E-state index in [0.717, 1.165) is 4.47 Å². The number of carbonyl (C=O) groups is 2. The molecule has 1 saturated heterocycles. The molecule has 3 aliphatic rings. The molecule has 9 nitrogen and oxygen atoms in total. The Hall–Kier alpha value is -3.47. The molecule has 3 aromatic rings. The number of esters is 1. The first-order valence-electron chi connectivity index (χ1n) is 12.1. The smallest absolute Gasteiger partial charge is 0.309 e. The second kappa shape index (κ2) is 9.04. The monoisotopic (exact) mass is 612 g/mol. The van der Waals surface area contributed by atoms with Crippen molar-refractivity contribution >= 4 is 45.1 Å². The van der Waals surface area contributed by atoms with Gasteiger partial charge in [0.15, 0.2) is 17.8 Å². The molecule has 0 aliphatic carbocycles. The molecule has 3 aromatic carbocycles. The molecule has 0 saturated carbocycles. The fourth-order valence-electron chi connectivity index (χ4n) is 6.43. The van der Waals surface area contributed by atoms with Gasteiger partial charge in [0, 0.05) is 32.6 Å². The zero-order valence-electron chi connectivity index (χ0n) is 20.8. The SMILES string of the molecule is COC(=O)C[C@H]1Oc2ccc(Cl)cc2[C@H]2[C@]1([N+](=O)[O-])[C@H](c1ccc(Br)cc1)O[C@@]21C(=O)N(C)c2ccccc21. The van der Waals surface area contributed by atoms with Crippen LogP contribution in [0.25, 0.3) is 0 Å². The molecule has 0 N–H and O–H groups in total. The average molecular weight is 614 g/mol. The number of rotatable bonds is 4. The summed E-state index contributed by atoms with van der Waals surface area (Å²) in [5.41, 5.74) is -2.02. The van der Waals surface area contributed by atoms with E-state index in [1.54, 1.807) is 73.8 Å². The lowest BCUT2D eigenvalue weighted by molar-refractivity contribution is -0.593. The molecule has 5 atom stereocenters. The van der Waals surface area contributed by atoms with Crippen LogP contribution in [0.1, 0.15) is 35.1 Å². The van der Waals surface area contributed by atoms with Gasteiger partial charge in [-0.1, -0.05) is 57.9 Å². The van der Waals surface area contributed by atoms with Gasteiger partial charge in [0.25, 0.3) is 11.4 Å². The summed E-state index contributed by atoms with van der Waals surface area (Å²) >= 11 is 9.84. The van der Waals surface area contributed by atoms with Crippen LogP contribution < -0.4 is 9.64 Å². The van der Waals surface area contributed by atoms with Gasteiger partial charge in [0.2, 0.25) is 0 Å². The van der Waals surface area contributed by atoms with E-state index in [-0.39, 0.29) is 5.75 Å². The van der Waals surface area contributed by atoms with Gasteiger partial charge < -0.3 is 19.1 Å². The number of methoxy groups -OCH3 is 1. The first kappa shape index (κ1) is 25.8. The van der Waals surface area contributed by atoms with Crippen LogP contribution in [-0.2, 0) is 24.7 Å². The molecule has 0 bridgehead atoms. The molecule has 1 spiro atoms. The number of nitrogens with zero attached hydrogens (tertiary/aromatic N) is 2. The van der Waals surface area contributed by atoms with Crippen molar-refractivity contribution in [2.24, 2.45) is 0 Å². The van der Waals surface area contributed by atoms with E-state index < -0.39 is 52.5 Å². The Morgan fingerprint density at radius 3 is 2.59 bits per heavy atom. The zero-order valence-corrected chi connectivity index (χ0v) is 23.1. The van der Waals surface area contributed by atoms with Gasteiger partial charge in [0.05, 0.1) is 19.2 Å². The number of benzene rings is 3. The van der Waals surface area contributed by atoms with E-state index in [2.05, 4.69) is 15.9 Å². The van der Waals surface area contributed by atoms with Crippen LogP contribution in [0.3, 0.4) is 0 Å². The van der Waals surface area contributed by atoms with Crippen LogP contribution >= 0.6 is 27.5 Å². The zero-order chi connectivity index (χ0) is 27.7. The molecular formula is C28H22BrClN2O7. The van der Waals surface area contributed by atoms with Crippen molar-refractivity contribution in [3.63, 3.8) is 0 Å². The first-order chi connectivity index (χ1) is 18.7. The van der Waals surface area contributed by atoms with Crippen LogP contribution in [0.4, 0.5) is 5.69 Å². The maximum Gasteiger partial charge on any atom is 0.309 e. The summed E-state index contributed by atoms with van der Waals surface area (Å²) in [5, 5.41) is 13.9. The third kappa shape index (κ3) is 3.41. The molecule has 0 unspecified atom stereocenters. The number of hydrogen-bond donors (Lipinski definition) is 0. The molecule has 11 heteroatoms. The van der Waals surface area contributed by atoms with E-state index in [1.165, 1.54) is 12.0 Å². The number of anilines is 1. The van der Waals surface area contributed by atoms with Crippen LogP contribution in [0.2, 0.25) is 5.02 Å². The number of fused-ring (bicyclic) bond motifs is 6. The number of ether oxygens (including phenoxy) is 3. The Labute approximate surface area is 236 Å². The van der Waals surface area contributed by atoms with Crippen LogP contribution in [0.5, 0.6) is 5.75 Å². The minimum atomic E-state index is -2.12. The third-order valence-electron chi connectivity index (χ3n) is 8.02. The highest BCUT2D eigenvalue weighted by atomic mass is 79.9. The third-order valence-corrected chi connectivity index (χ3v) is 8.78. The Bertz CT molecular complexity index is 1530. The summed E-state index contributed by atoms with van der Waals surface area (Å²) in [4.78, 5) is 41.5. The fraction of sp³-hybridized carbons (Fsp3) is 0.286. The Kier molecular flexibility index (Phi) is 5.98. The minimum absolute atomic E-state index is 0.287. The molecule has 6 rings (SSSR count). The second-order valence-electron chi connectivity index (χ2n) is 9.81. The number of hydrogen-bond acceptors (Lipinski definition) is 7. The van der Waals surface area contributed by atoms with E-state index >= 15 is 0 Å². The molecule has 1 amide bonds. The molecule has 0 radical (unpaired) electrons. The van der Waals surface area contributed by atoms with Crippen molar-refractivity contribution in [1.29, 1.82) is 0 Å². The molecule has 39 heavy (non-hydrogen) atoms. The van der Waals surface area contributed by atoms with Crippen LogP contribution in [0, 0.1) is 10.1 Å². The summed E-state index contributed by atoms with van der Waals surface area (Å²) in [5.74, 6) is -2.06. The fourth-order valence-corrected chi connectivity index (χ4v) is 6.87. The Morgan fingerprint density at radius 2 is 1.90 bits per heavy atom.